The molecule has 10 heteroatoms. The van der Waals surface area contributed by atoms with Crippen LogP contribution in [0.1, 0.15) is 13.3 Å². The maximum atomic E-state index is 12.0. The Morgan fingerprint density at radius 1 is 0.556 bits per heavy atom. The highest BCUT2D eigenvalue weighted by molar-refractivity contribution is 6.18. The highest BCUT2D eigenvalue weighted by Crippen LogP contribution is 2.55. The molecule has 0 aromatic carbocycles. The lowest BCUT2D eigenvalue weighted by molar-refractivity contribution is -0.180. The molecule has 144 valence electrons. The predicted molar refractivity (Wildman–Crippen MR) is 84.2 cm³/mol. The van der Waals surface area contributed by atoms with E-state index in [1.807, 2.05) is 0 Å². The summed E-state index contributed by atoms with van der Waals surface area (Å²) in [6, 6.07) is 0. The van der Waals surface area contributed by atoms with Crippen molar-refractivity contribution in [1.29, 1.82) is 0 Å². The highest BCUT2D eigenvalue weighted by atomic mass is 16.2. The molecule has 0 spiro atoms. The second-order valence-electron chi connectivity index (χ2n) is 5.82. The van der Waals surface area contributed by atoms with Gasteiger partial charge in [-0.3, -0.25) is 0 Å². The van der Waals surface area contributed by atoms with Crippen molar-refractivity contribution in [2.45, 2.75) is 13.3 Å². The SMILES string of the molecule is CCC(C=O)C(C=O)(C=O)C(C=O)(C=O)C(C=O)(C=O)C(C=O)(C=O)C=O. The van der Waals surface area contributed by atoms with E-state index in [0.717, 1.165) is 0 Å². The fraction of sp³-hybridized carbons (Fsp3) is 0.412. The zero-order chi connectivity index (χ0) is 21.4. The number of hydrogen-bond donors (Lipinski definition) is 0. The molecule has 0 N–H and O–H groups in total. The molecular weight excluding hydrogens is 364 g/mol. The number of aldehydes is 10. The number of rotatable bonds is 15. The normalized spacial score (nSPS) is 13.4. The average molecular weight is 380 g/mol. The van der Waals surface area contributed by atoms with Crippen LogP contribution in [0, 0.1) is 27.6 Å². The molecule has 1 unspecified atom stereocenters. The molecule has 0 saturated heterocycles. The van der Waals surface area contributed by atoms with Crippen LogP contribution in [-0.2, 0) is 47.9 Å². The van der Waals surface area contributed by atoms with E-state index >= 15 is 0 Å². The van der Waals surface area contributed by atoms with Gasteiger partial charge in [-0.2, -0.15) is 0 Å². The summed E-state index contributed by atoms with van der Waals surface area (Å²) in [5.41, 5.74) is -12.9. The lowest BCUT2D eigenvalue weighted by atomic mass is 9.43. The van der Waals surface area contributed by atoms with E-state index in [2.05, 4.69) is 0 Å². The van der Waals surface area contributed by atoms with Gasteiger partial charge in [-0.05, 0) is 6.42 Å². The lowest BCUT2D eigenvalue weighted by Crippen LogP contribution is -2.68. The van der Waals surface area contributed by atoms with Crippen molar-refractivity contribution >= 4 is 62.9 Å². The smallest absolute Gasteiger partial charge is 0.156 e. The fourth-order valence-electron chi connectivity index (χ4n) is 3.20. The summed E-state index contributed by atoms with van der Waals surface area (Å²) >= 11 is 0. The molecule has 0 aromatic heterocycles. The molecule has 0 amide bonds. The Bertz CT molecular complexity index is 631. The summed E-state index contributed by atoms with van der Waals surface area (Å²) in [6.45, 7) is 1.29. The van der Waals surface area contributed by atoms with E-state index < -0.39 is 71.6 Å². The number of hydrogen-bond acceptors (Lipinski definition) is 10. The van der Waals surface area contributed by atoms with Gasteiger partial charge in [0.25, 0.3) is 0 Å². The Kier molecular flexibility index (Phi) is 7.79. The summed E-state index contributed by atoms with van der Waals surface area (Å²) < 4.78 is 0. The minimum Gasteiger partial charge on any atom is -0.303 e. The molecule has 0 saturated carbocycles. The van der Waals surface area contributed by atoms with Crippen LogP contribution < -0.4 is 0 Å². The first-order valence-electron chi connectivity index (χ1n) is 7.44. The highest BCUT2D eigenvalue weighted by Gasteiger charge is 2.74. The first-order valence-corrected chi connectivity index (χ1v) is 7.44. The van der Waals surface area contributed by atoms with Crippen LogP contribution in [-0.4, -0.2) is 62.9 Å². The molecular formula is C17H16O10. The first-order chi connectivity index (χ1) is 12.8. The molecule has 0 aliphatic carbocycles. The van der Waals surface area contributed by atoms with Gasteiger partial charge in [0.1, 0.15) is 79.1 Å². The molecule has 27 heavy (non-hydrogen) atoms. The van der Waals surface area contributed by atoms with Crippen molar-refractivity contribution in [2.24, 2.45) is 27.6 Å². The molecule has 0 heterocycles. The van der Waals surface area contributed by atoms with E-state index in [4.69, 9.17) is 0 Å². The van der Waals surface area contributed by atoms with Crippen molar-refractivity contribution in [3.8, 4) is 0 Å². The molecule has 1 atom stereocenters. The van der Waals surface area contributed by atoms with Crippen molar-refractivity contribution in [1.82, 2.24) is 0 Å². The fourth-order valence-corrected chi connectivity index (χ4v) is 3.20. The van der Waals surface area contributed by atoms with Gasteiger partial charge in [0.05, 0.1) is 0 Å². The Balaban J connectivity index is 7.81. The Morgan fingerprint density at radius 3 is 1.11 bits per heavy atom. The van der Waals surface area contributed by atoms with Crippen LogP contribution in [0.25, 0.3) is 0 Å². The zero-order valence-electron chi connectivity index (χ0n) is 14.1. The van der Waals surface area contributed by atoms with Crippen molar-refractivity contribution in [3.63, 3.8) is 0 Å². The largest absolute Gasteiger partial charge is 0.303 e. The van der Waals surface area contributed by atoms with E-state index in [-0.39, 0.29) is 25.3 Å². The molecule has 10 nitrogen and oxygen atoms in total. The third-order valence-corrected chi connectivity index (χ3v) is 5.05. The summed E-state index contributed by atoms with van der Waals surface area (Å²) in [7, 11) is 0. The Hall–Kier alpha value is -3.30. The van der Waals surface area contributed by atoms with Gasteiger partial charge in [-0.15, -0.1) is 0 Å². The summed E-state index contributed by atoms with van der Waals surface area (Å²) in [6.07, 6.45) is -4.15. The van der Waals surface area contributed by atoms with Crippen LogP contribution in [0.3, 0.4) is 0 Å². The van der Waals surface area contributed by atoms with Crippen LogP contribution >= 0.6 is 0 Å². The van der Waals surface area contributed by atoms with Crippen molar-refractivity contribution in [2.75, 3.05) is 0 Å². The first kappa shape index (κ1) is 23.7. The molecule has 0 aliphatic rings. The van der Waals surface area contributed by atoms with Crippen LogP contribution in [0.15, 0.2) is 0 Å². The van der Waals surface area contributed by atoms with Crippen LogP contribution in [0.4, 0.5) is 0 Å². The minimum atomic E-state index is -3.40. The molecule has 0 fully saturated rings. The second-order valence-corrected chi connectivity index (χ2v) is 5.82. The summed E-state index contributed by atoms with van der Waals surface area (Å²) in [5, 5.41) is 0. The molecule has 0 rings (SSSR count). The zero-order valence-corrected chi connectivity index (χ0v) is 14.1. The maximum absolute atomic E-state index is 12.0. The Labute approximate surface area is 152 Å². The quantitative estimate of drug-likeness (QED) is 0.227. The van der Waals surface area contributed by atoms with Crippen LogP contribution in [0.5, 0.6) is 0 Å². The third kappa shape index (κ3) is 2.64. The van der Waals surface area contributed by atoms with Crippen molar-refractivity contribution in [3.05, 3.63) is 0 Å². The van der Waals surface area contributed by atoms with E-state index in [1.54, 1.807) is 0 Å². The summed E-state index contributed by atoms with van der Waals surface area (Å²) in [4.78, 5) is 117. The topological polar surface area (TPSA) is 171 Å². The number of carbonyl (C=O) groups excluding carboxylic acids is 10. The van der Waals surface area contributed by atoms with Gasteiger partial charge >= 0.3 is 0 Å². The van der Waals surface area contributed by atoms with Gasteiger partial charge in [-0.25, -0.2) is 0 Å². The van der Waals surface area contributed by atoms with Gasteiger partial charge < -0.3 is 47.9 Å². The predicted octanol–water partition coefficient (Wildman–Crippen LogP) is -2.05. The average Bonchev–Trinajstić information content (AvgIpc) is 2.73. The molecule has 0 bridgehead atoms. The maximum Gasteiger partial charge on any atom is 0.156 e. The standard InChI is InChI=1S/C17H16O10/c1-2-13(3-18)15(7-22,8-23)17(11-26,12-27)16(9-24,10-25)14(4-19,5-20)6-21/h3-13H,2H2,1H3. The number of carbonyl (C=O) groups is 10. The molecule has 0 aliphatic heterocycles. The Morgan fingerprint density at radius 2 is 0.926 bits per heavy atom. The molecule has 0 radical (unpaired) electrons. The monoisotopic (exact) mass is 380 g/mol. The lowest BCUT2D eigenvalue weighted by Gasteiger charge is -2.50. The van der Waals surface area contributed by atoms with Crippen LogP contribution in [0.2, 0.25) is 0 Å². The van der Waals surface area contributed by atoms with E-state index in [9.17, 15) is 47.9 Å². The van der Waals surface area contributed by atoms with E-state index in [1.165, 1.54) is 6.92 Å². The van der Waals surface area contributed by atoms with Gasteiger partial charge in [-0.1, -0.05) is 6.92 Å². The van der Waals surface area contributed by atoms with Gasteiger partial charge in [0.15, 0.2) is 5.41 Å². The minimum absolute atomic E-state index is 0.0370. The van der Waals surface area contributed by atoms with Crippen molar-refractivity contribution < 1.29 is 47.9 Å². The second kappa shape index (κ2) is 8.88. The van der Waals surface area contributed by atoms with E-state index in [0.29, 0.717) is 0 Å². The summed E-state index contributed by atoms with van der Waals surface area (Å²) in [5.74, 6) is -1.70. The van der Waals surface area contributed by atoms with Gasteiger partial charge in [0.2, 0.25) is 0 Å². The third-order valence-electron chi connectivity index (χ3n) is 5.05. The van der Waals surface area contributed by atoms with Gasteiger partial charge in [0, 0.05) is 5.92 Å². The molecule has 0 aromatic rings.